The SMILES string of the molecule is CC(C)c1nccc(CN2CCC(CNS(C)(=O)=O)C2)n1. The molecule has 1 fully saturated rings. The van der Waals surface area contributed by atoms with Gasteiger partial charge in [-0.3, -0.25) is 4.90 Å². The topological polar surface area (TPSA) is 75.2 Å². The van der Waals surface area contributed by atoms with E-state index in [1.54, 1.807) is 0 Å². The molecule has 1 unspecified atom stereocenters. The van der Waals surface area contributed by atoms with Crippen molar-refractivity contribution in [2.24, 2.45) is 5.92 Å². The predicted molar refractivity (Wildman–Crippen MR) is 82.4 cm³/mol. The van der Waals surface area contributed by atoms with E-state index in [1.165, 1.54) is 6.26 Å². The first-order chi connectivity index (χ1) is 9.83. The number of hydrogen-bond acceptors (Lipinski definition) is 5. The lowest BCUT2D eigenvalue weighted by molar-refractivity contribution is 0.312. The second kappa shape index (κ2) is 6.81. The molecule has 2 rings (SSSR count). The smallest absolute Gasteiger partial charge is 0.208 e. The molecule has 0 aliphatic carbocycles. The summed E-state index contributed by atoms with van der Waals surface area (Å²) in [4.78, 5) is 11.2. The number of rotatable bonds is 6. The quantitative estimate of drug-likeness (QED) is 0.847. The van der Waals surface area contributed by atoms with E-state index in [-0.39, 0.29) is 0 Å². The normalized spacial score (nSPS) is 20.3. The highest BCUT2D eigenvalue weighted by molar-refractivity contribution is 7.88. The number of likely N-dealkylation sites (tertiary alicyclic amines) is 1. The molecule has 118 valence electrons. The van der Waals surface area contributed by atoms with Gasteiger partial charge in [-0.15, -0.1) is 0 Å². The van der Waals surface area contributed by atoms with Gasteiger partial charge in [0.15, 0.2) is 0 Å². The zero-order chi connectivity index (χ0) is 15.5. The minimum atomic E-state index is -3.09. The second-order valence-electron chi connectivity index (χ2n) is 6.07. The summed E-state index contributed by atoms with van der Waals surface area (Å²) in [6, 6.07) is 1.95. The molecule has 0 radical (unpaired) electrons. The van der Waals surface area contributed by atoms with Gasteiger partial charge in [-0.25, -0.2) is 23.1 Å². The van der Waals surface area contributed by atoms with Crippen molar-refractivity contribution in [3.8, 4) is 0 Å². The van der Waals surface area contributed by atoms with Crippen molar-refractivity contribution in [3.05, 3.63) is 23.8 Å². The second-order valence-corrected chi connectivity index (χ2v) is 7.90. The fraction of sp³-hybridized carbons (Fsp3) is 0.714. The highest BCUT2D eigenvalue weighted by atomic mass is 32.2. The molecular weight excluding hydrogens is 288 g/mol. The van der Waals surface area contributed by atoms with Crippen LogP contribution in [0.5, 0.6) is 0 Å². The van der Waals surface area contributed by atoms with Crippen molar-refractivity contribution < 1.29 is 8.42 Å². The third-order valence-corrected chi connectivity index (χ3v) is 4.33. The molecule has 1 atom stereocenters. The Morgan fingerprint density at radius 2 is 2.24 bits per heavy atom. The van der Waals surface area contributed by atoms with Crippen molar-refractivity contribution in [1.29, 1.82) is 0 Å². The van der Waals surface area contributed by atoms with Crippen LogP contribution in [0, 0.1) is 5.92 Å². The average molecular weight is 312 g/mol. The fourth-order valence-corrected chi connectivity index (χ4v) is 3.04. The van der Waals surface area contributed by atoms with Gasteiger partial charge in [0.2, 0.25) is 10.0 Å². The molecule has 0 bridgehead atoms. The molecule has 6 nitrogen and oxygen atoms in total. The van der Waals surface area contributed by atoms with E-state index in [0.717, 1.165) is 37.6 Å². The van der Waals surface area contributed by atoms with Crippen LogP contribution in [0.2, 0.25) is 0 Å². The molecule has 1 aliphatic heterocycles. The molecule has 0 saturated carbocycles. The number of nitrogens with zero attached hydrogens (tertiary/aromatic N) is 3. The van der Waals surface area contributed by atoms with E-state index in [1.807, 2.05) is 12.3 Å². The summed E-state index contributed by atoms with van der Waals surface area (Å²) in [5, 5.41) is 0. The van der Waals surface area contributed by atoms with Gasteiger partial charge < -0.3 is 0 Å². The first-order valence-corrected chi connectivity index (χ1v) is 9.21. The van der Waals surface area contributed by atoms with Crippen LogP contribution in [-0.4, -0.2) is 49.2 Å². The van der Waals surface area contributed by atoms with E-state index in [2.05, 4.69) is 33.4 Å². The van der Waals surface area contributed by atoms with Crippen LogP contribution in [0.15, 0.2) is 12.3 Å². The van der Waals surface area contributed by atoms with Crippen LogP contribution in [0.4, 0.5) is 0 Å². The average Bonchev–Trinajstić information content (AvgIpc) is 2.83. The molecule has 21 heavy (non-hydrogen) atoms. The van der Waals surface area contributed by atoms with Crippen molar-refractivity contribution >= 4 is 10.0 Å². The minimum absolute atomic E-state index is 0.329. The molecule has 7 heteroatoms. The van der Waals surface area contributed by atoms with E-state index in [9.17, 15) is 8.42 Å². The van der Waals surface area contributed by atoms with Crippen LogP contribution in [0.25, 0.3) is 0 Å². The summed E-state index contributed by atoms with van der Waals surface area (Å²) in [6.45, 7) is 7.39. The van der Waals surface area contributed by atoms with E-state index < -0.39 is 10.0 Å². The molecule has 0 amide bonds. The maximum absolute atomic E-state index is 11.1. The summed E-state index contributed by atoms with van der Waals surface area (Å²) < 4.78 is 24.8. The van der Waals surface area contributed by atoms with Crippen LogP contribution in [0.1, 0.15) is 37.7 Å². The van der Waals surface area contributed by atoms with Gasteiger partial charge in [0.25, 0.3) is 0 Å². The first-order valence-electron chi connectivity index (χ1n) is 7.32. The molecule has 0 aromatic carbocycles. The molecule has 1 aromatic rings. The lowest BCUT2D eigenvalue weighted by atomic mass is 10.1. The van der Waals surface area contributed by atoms with E-state index >= 15 is 0 Å². The highest BCUT2D eigenvalue weighted by Crippen LogP contribution is 2.18. The Kier molecular flexibility index (Phi) is 5.29. The number of sulfonamides is 1. The van der Waals surface area contributed by atoms with Crippen molar-refractivity contribution in [1.82, 2.24) is 19.6 Å². The third kappa shape index (κ3) is 5.33. The molecule has 1 N–H and O–H groups in total. The van der Waals surface area contributed by atoms with Crippen LogP contribution in [0.3, 0.4) is 0 Å². The molecular formula is C14H24N4O2S. The standard InChI is InChI=1S/C14H24N4O2S/c1-11(2)14-15-6-4-13(17-14)10-18-7-5-12(9-18)8-16-21(3,19)20/h4,6,11-12,16H,5,7-10H2,1-3H3. The van der Waals surface area contributed by atoms with E-state index in [4.69, 9.17) is 0 Å². The Morgan fingerprint density at radius 3 is 2.90 bits per heavy atom. The van der Waals surface area contributed by atoms with Crippen molar-refractivity contribution in [3.63, 3.8) is 0 Å². The monoisotopic (exact) mass is 312 g/mol. The van der Waals surface area contributed by atoms with Gasteiger partial charge in [-0.2, -0.15) is 0 Å². The summed E-state index contributed by atoms with van der Waals surface area (Å²) in [5.74, 6) is 1.59. The van der Waals surface area contributed by atoms with Gasteiger partial charge in [0.1, 0.15) is 5.82 Å². The Hall–Kier alpha value is -1.05. The van der Waals surface area contributed by atoms with Gasteiger partial charge in [0, 0.05) is 31.7 Å². The zero-order valence-corrected chi connectivity index (χ0v) is 13.7. The summed E-state index contributed by atoms with van der Waals surface area (Å²) in [5.41, 5.74) is 1.03. The molecule has 1 saturated heterocycles. The van der Waals surface area contributed by atoms with E-state index in [0.29, 0.717) is 18.4 Å². The number of aromatic nitrogens is 2. The Labute approximate surface area is 127 Å². The van der Waals surface area contributed by atoms with Gasteiger partial charge in [-0.05, 0) is 24.9 Å². The first kappa shape index (κ1) is 16.3. The third-order valence-electron chi connectivity index (χ3n) is 3.64. The predicted octanol–water partition coefficient (Wildman–Crippen LogP) is 0.971. The zero-order valence-electron chi connectivity index (χ0n) is 12.9. The number of hydrogen-bond donors (Lipinski definition) is 1. The lowest BCUT2D eigenvalue weighted by Gasteiger charge is -2.16. The molecule has 0 spiro atoms. The molecule has 1 aromatic heterocycles. The largest absolute Gasteiger partial charge is 0.297 e. The Balaban J connectivity index is 1.86. The maximum Gasteiger partial charge on any atom is 0.208 e. The molecule has 1 aliphatic rings. The summed E-state index contributed by atoms with van der Waals surface area (Å²) in [6.07, 6.45) is 4.04. The maximum atomic E-state index is 11.1. The fourth-order valence-electron chi connectivity index (χ4n) is 2.50. The van der Waals surface area contributed by atoms with Gasteiger partial charge in [-0.1, -0.05) is 13.8 Å². The summed E-state index contributed by atoms with van der Waals surface area (Å²) in [7, 11) is -3.09. The minimum Gasteiger partial charge on any atom is -0.297 e. The van der Waals surface area contributed by atoms with Crippen molar-refractivity contribution in [2.75, 3.05) is 25.9 Å². The summed E-state index contributed by atoms with van der Waals surface area (Å²) >= 11 is 0. The number of nitrogens with one attached hydrogen (secondary N) is 1. The lowest BCUT2D eigenvalue weighted by Crippen LogP contribution is -2.30. The Morgan fingerprint density at radius 1 is 1.48 bits per heavy atom. The van der Waals surface area contributed by atoms with Crippen LogP contribution >= 0.6 is 0 Å². The highest BCUT2D eigenvalue weighted by Gasteiger charge is 2.23. The van der Waals surface area contributed by atoms with Gasteiger partial charge in [0.05, 0.1) is 11.9 Å². The molecule has 2 heterocycles. The van der Waals surface area contributed by atoms with Crippen LogP contribution in [-0.2, 0) is 16.6 Å². The Bertz CT molecular complexity index is 574. The van der Waals surface area contributed by atoms with Gasteiger partial charge >= 0.3 is 0 Å². The van der Waals surface area contributed by atoms with Crippen molar-refractivity contribution in [2.45, 2.75) is 32.7 Å². The van der Waals surface area contributed by atoms with Crippen LogP contribution < -0.4 is 4.72 Å².